The Hall–Kier alpha value is -0.610. The summed E-state index contributed by atoms with van der Waals surface area (Å²) in [5, 5.41) is 12.1. The van der Waals surface area contributed by atoms with Crippen molar-refractivity contribution >= 4 is 5.91 Å². The van der Waals surface area contributed by atoms with E-state index in [4.69, 9.17) is 5.73 Å². The molecule has 0 saturated carbocycles. The van der Waals surface area contributed by atoms with Gasteiger partial charge in [0.1, 0.15) is 0 Å². The molecule has 0 rings (SSSR count). The maximum absolute atomic E-state index is 11.6. The van der Waals surface area contributed by atoms with Crippen LogP contribution in [0.25, 0.3) is 0 Å². The van der Waals surface area contributed by atoms with Crippen molar-refractivity contribution in [3.05, 3.63) is 0 Å². The number of carbonyl (C=O) groups is 1. The molecule has 1 amide bonds. The van der Waals surface area contributed by atoms with Crippen LogP contribution in [0, 0.1) is 11.3 Å². The van der Waals surface area contributed by atoms with Crippen LogP contribution in [0.3, 0.4) is 0 Å². The van der Waals surface area contributed by atoms with Gasteiger partial charge in [0.25, 0.3) is 0 Å². The van der Waals surface area contributed by atoms with E-state index in [1.165, 1.54) is 0 Å². The summed E-state index contributed by atoms with van der Waals surface area (Å²) in [6.45, 7) is 10.2. The van der Waals surface area contributed by atoms with Gasteiger partial charge in [-0.3, -0.25) is 4.79 Å². The molecule has 0 saturated heterocycles. The van der Waals surface area contributed by atoms with Gasteiger partial charge < -0.3 is 16.2 Å². The first-order chi connectivity index (χ1) is 7.15. The largest absolute Gasteiger partial charge is 0.393 e. The minimum Gasteiger partial charge on any atom is -0.393 e. The molecular weight excluding hydrogens is 204 g/mol. The quantitative estimate of drug-likeness (QED) is 0.634. The number of carbonyl (C=O) groups excluding carboxylic acids is 1. The Morgan fingerprint density at radius 2 is 1.88 bits per heavy atom. The van der Waals surface area contributed by atoms with Crippen LogP contribution in [-0.4, -0.2) is 29.7 Å². The summed E-state index contributed by atoms with van der Waals surface area (Å²) < 4.78 is 0. The van der Waals surface area contributed by atoms with Gasteiger partial charge in [0.15, 0.2) is 0 Å². The maximum Gasteiger partial charge on any atom is 0.237 e. The lowest BCUT2D eigenvalue weighted by Crippen LogP contribution is -2.47. The molecule has 0 aliphatic rings. The van der Waals surface area contributed by atoms with E-state index in [0.29, 0.717) is 13.0 Å². The summed E-state index contributed by atoms with van der Waals surface area (Å²) in [6, 6.07) is -0.456. The van der Waals surface area contributed by atoms with Gasteiger partial charge in [-0.15, -0.1) is 0 Å². The molecule has 16 heavy (non-hydrogen) atoms. The zero-order valence-electron chi connectivity index (χ0n) is 11.1. The topological polar surface area (TPSA) is 75.3 Å². The van der Waals surface area contributed by atoms with Crippen molar-refractivity contribution in [1.29, 1.82) is 0 Å². The van der Waals surface area contributed by atoms with Gasteiger partial charge in [0.2, 0.25) is 5.91 Å². The van der Waals surface area contributed by atoms with Crippen molar-refractivity contribution < 1.29 is 9.90 Å². The zero-order chi connectivity index (χ0) is 12.9. The Labute approximate surface area is 98.6 Å². The molecule has 2 atom stereocenters. The molecule has 1 unspecified atom stereocenters. The second kappa shape index (κ2) is 6.21. The predicted molar refractivity (Wildman–Crippen MR) is 65.9 cm³/mol. The molecule has 0 heterocycles. The van der Waals surface area contributed by atoms with Crippen molar-refractivity contribution in [2.75, 3.05) is 6.54 Å². The third-order valence-corrected chi connectivity index (χ3v) is 2.61. The molecule has 0 radical (unpaired) electrons. The van der Waals surface area contributed by atoms with Crippen LogP contribution in [-0.2, 0) is 4.79 Å². The number of rotatable bonds is 6. The van der Waals surface area contributed by atoms with Crippen molar-refractivity contribution in [2.45, 2.75) is 53.2 Å². The predicted octanol–water partition coefficient (Wildman–Crippen LogP) is 0.883. The number of hydrogen-bond acceptors (Lipinski definition) is 3. The minimum absolute atomic E-state index is 0.111. The molecule has 0 bridgehead atoms. The van der Waals surface area contributed by atoms with Crippen molar-refractivity contribution in [3.8, 4) is 0 Å². The lowest BCUT2D eigenvalue weighted by molar-refractivity contribution is -0.123. The SMILES string of the molecule is CC(O)CC(C)(C)CNC(=O)[C@@H](N)C(C)C. The molecule has 4 N–H and O–H groups in total. The highest BCUT2D eigenvalue weighted by atomic mass is 16.3. The highest BCUT2D eigenvalue weighted by Crippen LogP contribution is 2.21. The molecule has 4 heteroatoms. The van der Waals surface area contributed by atoms with Crippen LogP contribution in [0.5, 0.6) is 0 Å². The van der Waals surface area contributed by atoms with Crippen molar-refractivity contribution in [1.82, 2.24) is 5.32 Å². The number of aliphatic hydroxyl groups excluding tert-OH is 1. The monoisotopic (exact) mass is 230 g/mol. The van der Waals surface area contributed by atoms with E-state index < -0.39 is 6.04 Å². The lowest BCUT2D eigenvalue weighted by atomic mass is 9.87. The molecule has 0 aromatic rings. The van der Waals surface area contributed by atoms with E-state index in [1.807, 2.05) is 27.7 Å². The summed E-state index contributed by atoms with van der Waals surface area (Å²) in [7, 11) is 0. The zero-order valence-corrected chi connectivity index (χ0v) is 11.1. The molecule has 0 fully saturated rings. The normalized spacial score (nSPS) is 16.0. The lowest BCUT2D eigenvalue weighted by Gasteiger charge is -2.27. The van der Waals surface area contributed by atoms with Crippen LogP contribution < -0.4 is 11.1 Å². The van der Waals surface area contributed by atoms with E-state index in [2.05, 4.69) is 5.32 Å². The van der Waals surface area contributed by atoms with Crippen LogP contribution >= 0.6 is 0 Å². The van der Waals surface area contributed by atoms with E-state index >= 15 is 0 Å². The number of hydrogen-bond donors (Lipinski definition) is 3. The fraction of sp³-hybridized carbons (Fsp3) is 0.917. The van der Waals surface area contributed by atoms with Gasteiger partial charge in [-0.1, -0.05) is 27.7 Å². The van der Waals surface area contributed by atoms with Crippen LogP contribution in [0.1, 0.15) is 41.0 Å². The molecule has 0 aromatic heterocycles. The summed E-state index contributed by atoms with van der Waals surface area (Å²) >= 11 is 0. The Balaban J connectivity index is 4.09. The highest BCUT2D eigenvalue weighted by Gasteiger charge is 2.23. The van der Waals surface area contributed by atoms with Gasteiger partial charge in [0, 0.05) is 6.54 Å². The van der Waals surface area contributed by atoms with Crippen LogP contribution in [0.2, 0.25) is 0 Å². The number of nitrogens with two attached hydrogens (primary N) is 1. The minimum atomic E-state index is -0.456. The molecular formula is C12H26N2O2. The van der Waals surface area contributed by atoms with Gasteiger partial charge in [-0.05, 0) is 24.7 Å². The Bertz CT molecular complexity index is 225. The summed E-state index contributed by atoms with van der Waals surface area (Å²) in [5.41, 5.74) is 5.62. The van der Waals surface area contributed by atoms with Gasteiger partial charge >= 0.3 is 0 Å². The van der Waals surface area contributed by atoms with E-state index in [1.54, 1.807) is 6.92 Å². The number of nitrogens with one attached hydrogen (secondary N) is 1. The summed E-state index contributed by atoms with van der Waals surface area (Å²) in [4.78, 5) is 11.6. The maximum atomic E-state index is 11.6. The van der Waals surface area contributed by atoms with Gasteiger partial charge in [-0.25, -0.2) is 0 Å². The van der Waals surface area contributed by atoms with Crippen molar-refractivity contribution in [2.24, 2.45) is 17.1 Å². The standard InChI is InChI=1S/C12H26N2O2/c1-8(2)10(13)11(16)14-7-12(4,5)6-9(3)15/h8-10,15H,6-7,13H2,1-5H3,(H,14,16)/t9?,10-/m0/s1. The first-order valence-corrected chi connectivity index (χ1v) is 5.87. The molecule has 4 nitrogen and oxygen atoms in total. The van der Waals surface area contributed by atoms with E-state index in [-0.39, 0.29) is 23.3 Å². The Morgan fingerprint density at radius 3 is 2.25 bits per heavy atom. The first-order valence-electron chi connectivity index (χ1n) is 5.87. The summed E-state index contributed by atoms with van der Waals surface area (Å²) in [5.74, 6) is 0.0218. The molecule has 0 aromatic carbocycles. The fourth-order valence-electron chi connectivity index (χ4n) is 1.62. The second-order valence-corrected chi connectivity index (χ2v) is 5.70. The Kier molecular flexibility index (Phi) is 5.97. The van der Waals surface area contributed by atoms with E-state index in [9.17, 15) is 9.90 Å². The first kappa shape index (κ1) is 15.4. The Morgan fingerprint density at radius 1 is 1.38 bits per heavy atom. The molecule has 96 valence electrons. The third kappa shape index (κ3) is 6.08. The molecule has 0 spiro atoms. The average molecular weight is 230 g/mol. The summed E-state index contributed by atoms with van der Waals surface area (Å²) in [6.07, 6.45) is 0.301. The fourth-order valence-corrected chi connectivity index (χ4v) is 1.62. The van der Waals surface area contributed by atoms with Gasteiger partial charge in [-0.2, -0.15) is 0 Å². The average Bonchev–Trinajstić information content (AvgIpc) is 2.10. The van der Waals surface area contributed by atoms with Crippen LogP contribution in [0.15, 0.2) is 0 Å². The second-order valence-electron chi connectivity index (χ2n) is 5.70. The molecule has 0 aliphatic heterocycles. The van der Waals surface area contributed by atoms with Gasteiger partial charge in [0.05, 0.1) is 12.1 Å². The third-order valence-electron chi connectivity index (χ3n) is 2.61. The molecule has 0 aliphatic carbocycles. The number of aliphatic hydroxyl groups is 1. The smallest absolute Gasteiger partial charge is 0.237 e. The number of amides is 1. The van der Waals surface area contributed by atoms with E-state index in [0.717, 1.165) is 0 Å². The van der Waals surface area contributed by atoms with Crippen LogP contribution in [0.4, 0.5) is 0 Å². The van der Waals surface area contributed by atoms with Crippen molar-refractivity contribution in [3.63, 3.8) is 0 Å². The highest BCUT2D eigenvalue weighted by molar-refractivity contribution is 5.81.